The molecule has 0 saturated heterocycles. The van der Waals surface area contributed by atoms with Crippen LogP contribution in [0.5, 0.6) is 0 Å². The Morgan fingerprint density at radius 2 is 1.93 bits per heavy atom. The maximum Gasteiger partial charge on any atom is 0.414 e. The van der Waals surface area contributed by atoms with Crippen LogP contribution in [0.25, 0.3) is 16.8 Å². The van der Waals surface area contributed by atoms with E-state index in [4.69, 9.17) is 9.47 Å². The molecular weight excluding hydrogens is 362 g/mol. The lowest BCUT2D eigenvalue weighted by atomic mass is 10.1. The third kappa shape index (κ3) is 4.25. The average molecular weight is 383 g/mol. The standard InChI is InChI=1S/C19H21N5O4/c1-11-14(16(25)27-5)8-13(10-20-11)12-6-7-24-15(9-12)21-17(23-24)22-18(26)28-19(2,3)4/h6-10H,1-5H3,(H,22,23,26). The first-order valence-corrected chi connectivity index (χ1v) is 8.58. The second-order valence-electron chi connectivity index (χ2n) is 7.13. The number of hydrogen-bond donors (Lipinski definition) is 1. The molecule has 1 amide bonds. The molecule has 0 spiro atoms. The molecule has 3 rings (SSSR count). The Kier molecular flexibility index (Phi) is 5.00. The maximum absolute atomic E-state index is 11.9. The molecule has 9 nitrogen and oxygen atoms in total. The minimum absolute atomic E-state index is 0.128. The number of fused-ring (bicyclic) bond motifs is 1. The van der Waals surface area contributed by atoms with Crippen molar-refractivity contribution in [3.8, 4) is 11.1 Å². The van der Waals surface area contributed by atoms with E-state index in [0.717, 1.165) is 11.1 Å². The molecule has 3 heterocycles. The highest BCUT2D eigenvalue weighted by molar-refractivity contribution is 5.92. The zero-order chi connectivity index (χ0) is 20.5. The molecule has 0 bridgehead atoms. The van der Waals surface area contributed by atoms with E-state index in [1.54, 1.807) is 52.2 Å². The van der Waals surface area contributed by atoms with Gasteiger partial charge in [0.25, 0.3) is 5.95 Å². The lowest BCUT2D eigenvalue weighted by molar-refractivity contribution is 0.0596. The van der Waals surface area contributed by atoms with Crippen LogP contribution in [0.3, 0.4) is 0 Å². The summed E-state index contributed by atoms with van der Waals surface area (Å²) in [6.07, 6.45) is 2.74. The number of anilines is 1. The minimum atomic E-state index is -0.630. The van der Waals surface area contributed by atoms with E-state index >= 15 is 0 Å². The highest BCUT2D eigenvalue weighted by Gasteiger charge is 2.18. The molecule has 0 aromatic carbocycles. The van der Waals surface area contributed by atoms with Crippen LogP contribution in [0.4, 0.5) is 10.7 Å². The molecule has 0 aliphatic rings. The first-order valence-electron chi connectivity index (χ1n) is 8.58. The van der Waals surface area contributed by atoms with Gasteiger partial charge in [-0.05, 0) is 51.5 Å². The fourth-order valence-corrected chi connectivity index (χ4v) is 2.52. The van der Waals surface area contributed by atoms with Crippen LogP contribution in [0, 0.1) is 6.92 Å². The van der Waals surface area contributed by atoms with Crippen LogP contribution in [0.2, 0.25) is 0 Å². The van der Waals surface area contributed by atoms with Gasteiger partial charge < -0.3 is 9.47 Å². The second kappa shape index (κ2) is 7.26. The van der Waals surface area contributed by atoms with Crippen LogP contribution >= 0.6 is 0 Å². The fourth-order valence-electron chi connectivity index (χ4n) is 2.52. The van der Waals surface area contributed by atoms with Crippen molar-refractivity contribution in [2.75, 3.05) is 12.4 Å². The van der Waals surface area contributed by atoms with Gasteiger partial charge >= 0.3 is 12.1 Å². The molecule has 146 valence electrons. The molecule has 0 atom stereocenters. The summed E-state index contributed by atoms with van der Waals surface area (Å²) in [6, 6.07) is 5.31. The zero-order valence-corrected chi connectivity index (χ0v) is 16.3. The number of pyridine rings is 2. The summed E-state index contributed by atoms with van der Waals surface area (Å²) in [7, 11) is 1.33. The molecule has 9 heteroatoms. The van der Waals surface area contributed by atoms with E-state index in [1.807, 2.05) is 6.07 Å². The quantitative estimate of drug-likeness (QED) is 0.692. The number of aromatic nitrogens is 4. The number of nitrogens with one attached hydrogen (secondary N) is 1. The lowest BCUT2D eigenvalue weighted by Gasteiger charge is -2.18. The van der Waals surface area contributed by atoms with E-state index in [0.29, 0.717) is 16.9 Å². The predicted molar refractivity (Wildman–Crippen MR) is 102 cm³/mol. The highest BCUT2D eigenvalue weighted by atomic mass is 16.6. The molecule has 0 aliphatic carbocycles. The SMILES string of the molecule is COC(=O)c1cc(-c2ccn3nc(NC(=O)OC(C)(C)C)nc3c2)cnc1C. The van der Waals surface area contributed by atoms with Crippen LogP contribution < -0.4 is 5.32 Å². The number of carbonyl (C=O) groups is 2. The summed E-state index contributed by atoms with van der Waals surface area (Å²) in [6.45, 7) is 7.06. The first kappa shape index (κ1) is 19.3. The van der Waals surface area contributed by atoms with Crippen molar-refractivity contribution in [2.45, 2.75) is 33.3 Å². The number of methoxy groups -OCH3 is 1. The molecule has 1 N–H and O–H groups in total. The Bertz CT molecular complexity index is 1050. The van der Waals surface area contributed by atoms with Gasteiger partial charge in [-0.1, -0.05) is 0 Å². The number of aryl methyl sites for hydroxylation is 1. The molecule has 3 aromatic heterocycles. The molecule has 0 aliphatic heterocycles. The summed E-state index contributed by atoms with van der Waals surface area (Å²) in [5.74, 6) is -0.317. The topological polar surface area (TPSA) is 108 Å². The molecule has 0 unspecified atom stereocenters. The number of rotatable bonds is 3. The third-order valence-corrected chi connectivity index (χ3v) is 3.78. The number of esters is 1. The van der Waals surface area contributed by atoms with Gasteiger partial charge in [0.15, 0.2) is 5.65 Å². The van der Waals surface area contributed by atoms with Gasteiger partial charge in [-0.25, -0.2) is 14.1 Å². The van der Waals surface area contributed by atoms with Crippen molar-refractivity contribution in [3.05, 3.63) is 41.9 Å². The summed E-state index contributed by atoms with van der Waals surface area (Å²) >= 11 is 0. The van der Waals surface area contributed by atoms with Crippen LogP contribution in [0.15, 0.2) is 30.6 Å². The third-order valence-electron chi connectivity index (χ3n) is 3.78. The molecule has 0 saturated carbocycles. The van der Waals surface area contributed by atoms with Crippen molar-refractivity contribution >= 4 is 23.7 Å². The summed E-state index contributed by atoms with van der Waals surface area (Å²) in [4.78, 5) is 32.3. The average Bonchev–Trinajstić information content (AvgIpc) is 3.00. The maximum atomic E-state index is 11.9. The zero-order valence-electron chi connectivity index (χ0n) is 16.3. The van der Waals surface area contributed by atoms with Crippen molar-refractivity contribution < 1.29 is 19.1 Å². The van der Waals surface area contributed by atoms with Crippen molar-refractivity contribution in [2.24, 2.45) is 0 Å². The minimum Gasteiger partial charge on any atom is -0.465 e. The molecular formula is C19H21N5O4. The number of hydrogen-bond acceptors (Lipinski definition) is 7. The van der Waals surface area contributed by atoms with E-state index in [9.17, 15) is 9.59 Å². The van der Waals surface area contributed by atoms with E-state index in [-0.39, 0.29) is 5.95 Å². The summed E-state index contributed by atoms with van der Waals surface area (Å²) in [5, 5.41) is 6.70. The van der Waals surface area contributed by atoms with Crippen molar-refractivity contribution in [1.29, 1.82) is 0 Å². The lowest BCUT2D eigenvalue weighted by Crippen LogP contribution is -2.27. The van der Waals surface area contributed by atoms with Crippen LogP contribution in [-0.2, 0) is 9.47 Å². The number of carbonyl (C=O) groups excluding carboxylic acids is 2. The van der Waals surface area contributed by atoms with E-state index in [1.165, 1.54) is 11.6 Å². The molecule has 3 aromatic rings. The largest absolute Gasteiger partial charge is 0.465 e. The van der Waals surface area contributed by atoms with Crippen LogP contribution in [0.1, 0.15) is 36.8 Å². The monoisotopic (exact) mass is 383 g/mol. The molecule has 28 heavy (non-hydrogen) atoms. The number of ether oxygens (including phenoxy) is 2. The Hall–Kier alpha value is -3.49. The van der Waals surface area contributed by atoms with Gasteiger partial charge in [0, 0.05) is 18.0 Å². The van der Waals surface area contributed by atoms with Gasteiger partial charge in [0.1, 0.15) is 5.60 Å². The number of amides is 1. The van der Waals surface area contributed by atoms with Gasteiger partial charge in [-0.3, -0.25) is 10.3 Å². The van der Waals surface area contributed by atoms with Gasteiger partial charge in [-0.15, -0.1) is 5.10 Å². The summed E-state index contributed by atoms with van der Waals surface area (Å²) in [5.41, 5.74) is 2.41. The molecule has 0 radical (unpaired) electrons. The van der Waals surface area contributed by atoms with Gasteiger partial charge in [-0.2, -0.15) is 4.98 Å². The smallest absolute Gasteiger partial charge is 0.414 e. The Balaban J connectivity index is 1.89. The second-order valence-corrected chi connectivity index (χ2v) is 7.13. The Labute approximate surface area is 161 Å². The fraction of sp³-hybridized carbons (Fsp3) is 0.316. The normalized spacial score (nSPS) is 11.3. The van der Waals surface area contributed by atoms with E-state index < -0.39 is 17.7 Å². The molecule has 0 fully saturated rings. The Morgan fingerprint density at radius 1 is 1.18 bits per heavy atom. The van der Waals surface area contributed by atoms with Crippen molar-refractivity contribution in [1.82, 2.24) is 19.6 Å². The predicted octanol–water partition coefficient (Wildman–Crippen LogP) is 3.23. The van der Waals surface area contributed by atoms with Crippen molar-refractivity contribution in [3.63, 3.8) is 0 Å². The number of nitrogens with zero attached hydrogens (tertiary/aromatic N) is 4. The van der Waals surface area contributed by atoms with Gasteiger partial charge in [0.2, 0.25) is 0 Å². The van der Waals surface area contributed by atoms with E-state index in [2.05, 4.69) is 20.4 Å². The highest BCUT2D eigenvalue weighted by Crippen LogP contribution is 2.23. The van der Waals surface area contributed by atoms with Gasteiger partial charge in [0.05, 0.1) is 18.4 Å². The first-order chi connectivity index (χ1) is 13.2. The summed E-state index contributed by atoms with van der Waals surface area (Å²) < 4.78 is 11.5. The van der Waals surface area contributed by atoms with Crippen LogP contribution in [-0.4, -0.2) is 44.4 Å². The Morgan fingerprint density at radius 3 is 2.61 bits per heavy atom.